The molecule has 6 heteroatoms. The summed E-state index contributed by atoms with van der Waals surface area (Å²) >= 11 is 6.02. The Bertz CT molecular complexity index is 388. The van der Waals surface area contributed by atoms with E-state index in [0.29, 0.717) is 18.0 Å². The molecule has 0 spiro atoms. The van der Waals surface area contributed by atoms with Gasteiger partial charge in [0.25, 0.3) is 0 Å². The first-order valence-electron chi connectivity index (χ1n) is 5.13. The second-order valence-electron chi connectivity index (χ2n) is 3.74. The van der Waals surface area contributed by atoms with Gasteiger partial charge >= 0.3 is 0 Å². The van der Waals surface area contributed by atoms with Crippen LogP contribution in [0.1, 0.15) is 17.8 Å². The first-order chi connectivity index (χ1) is 7.47. The number of nitrogens with two attached hydrogens (primary N) is 1. The normalized spacial score (nSPS) is 12.8. The summed E-state index contributed by atoms with van der Waals surface area (Å²) in [6.07, 6.45) is 0.601. The number of carbonyl (C=O) groups is 1. The van der Waals surface area contributed by atoms with Gasteiger partial charge in [-0.25, -0.2) is 0 Å². The van der Waals surface area contributed by atoms with E-state index in [9.17, 15) is 4.79 Å². The fraction of sp³-hybridized carbons (Fsp3) is 0.600. The third-order valence-corrected chi connectivity index (χ3v) is 3.16. The molecule has 1 amide bonds. The highest BCUT2D eigenvalue weighted by Gasteiger charge is 2.14. The number of amides is 1. The van der Waals surface area contributed by atoms with Crippen molar-refractivity contribution in [3.05, 3.63) is 16.4 Å². The molecule has 1 heterocycles. The molecular formula is C10H17ClN4O. The van der Waals surface area contributed by atoms with Crippen LogP contribution in [0.5, 0.6) is 0 Å². The van der Waals surface area contributed by atoms with Crippen LogP contribution in [0.3, 0.4) is 0 Å². The SMILES string of the molecule is CNC(CCn1nc(C)c(Cl)c1C)C(N)=O. The topological polar surface area (TPSA) is 72.9 Å². The van der Waals surface area contributed by atoms with Gasteiger partial charge in [-0.3, -0.25) is 9.48 Å². The van der Waals surface area contributed by atoms with E-state index in [1.54, 1.807) is 11.7 Å². The van der Waals surface area contributed by atoms with E-state index in [1.165, 1.54) is 0 Å². The molecule has 0 aliphatic rings. The van der Waals surface area contributed by atoms with Crippen molar-refractivity contribution < 1.29 is 4.79 Å². The van der Waals surface area contributed by atoms with Crippen LogP contribution in [0.25, 0.3) is 0 Å². The van der Waals surface area contributed by atoms with E-state index in [4.69, 9.17) is 17.3 Å². The highest BCUT2D eigenvalue weighted by atomic mass is 35.5. The van der Waals surface area contributed by atoms with Gasteiger partial charge in [0, 0.05) is 6.54 Å². The molecule has 5 nitrogen and oxygen atoms in total. The zero-order chi connectivity index (χ0) is 12.3. The predicted molar refractivity (Wildman–Crippen MR) is 63.4 cm³/mol. The Labute approximate surface area is 99.9 Å². The minimum Gasteiger partial charge on any atom is -0.368 e. The second-order valence-corrected chi connectivity index (χ2v) is 4.12. The summed E-state index contributed by atoms with van der Waals surface area (Å²) in [7, 11) is 1.71. The van der Waals surface area contributed by atoms with Crippen molar-refractivity contribution >= 4 is 17.5 Å². The smallest absolute Gasteiger partial charge is 0.234 e. The fourth-order valence-corrected chi connectivity index (χ4v) is 1.71. The van der Waals surface area contributed by atoms with E-state index in [-0.39, 0.29) is 11.9 Å². The zero-order valence-electron chi connectivity index (χ0n) is 9.75. The Morgan fingerprint density at radius 1 is 1.62 bits per heavy atom. The molecule has 1 aromatic heterocycles. The number of aryl methyl sites for hydroxylation is 2. The predicted octanol–water partition coefficient (Wildman–Crippen LogP) is 0.617. The van der Waals surface area contributed by atoms with Crippen molar-refractivity contribution in [3.8, 4) is 0 Å². The van der Waals surface area contributed by atoms with Crippen molar-refractivity contribution in [3.63, 3.8) is 0 Å². The number of aromatic nitrogens is 2. The molecule has 1 rings (SSSR count). The van der Waals surface area contributed by atoms with Crippen molar-refractivity contribution in [1.82, 2.24) is 15.1 Å². The van der Waals surface area contributed by atoms with Gasteiger partial charge in [0.15, 0.2) is 0 Å². The lowest BCUT2D eigenvalue weighted by Gasteiger charge is -2.12. The van der Waals surface area contributed by atoms with Crippen LogP contribution in [0.15, 0.2) is 0 Å². The third-order valence-electron chi connectivity index (χ3n) is 2.61. The number of primary amides is 1. The number of rotatable bonds is 5. The lowest BCUT2D eigenvalue weighted by atomic mass is 10.2. The summed E-state index contributed by atoms with van der Waals surface area (Å²) in [5.41, 5.74) is 6.95. The first-order valence-corrected chi connectivity index (χ1v) is 5.51. The average molecular weight is 245 g/mol. The molecule has 0 radical (unpaired) electrons. The Morgan fingerprint density at radius 3 is 2.62 bits per heavy atom. The summed E-state index contributed by atoms with van der Waals surface area (Å²) in [6.45, 7) is 4.38. The van der Waals surface area contributed by atoms with Crippen LogP contribution in [0.2, 0.25) is 5.02 Å². The molecule has 1 unspecified atom stereocenters. The molecule has 0 saturated carbocycles. The van der Waals surface area contributed by atoms with Crippen molar-refractivity contribution in [1.29, 1.82) is 0 Å². The van der Waals surface area contributed by atoms with E-state index in [1.807, 2.05) is 13.8 Å². The quantitative estimate of drug-likeness (QED) is 0.798. The third kappa shape index (κ3) is 2.74. The maximum absolute atomic E-state index is 11.0. The molecule has 3 N–H and O–H groups in total. The molecule has 0 aliphatic carbocycles. The van der Waals surface area contributed by atoms with Gasteiger partial charge in [-0.15, -0.1) is 0 Å². The summed E-state index contributed by atoms with van der Waals surface area (Å²) in [5, 5.41) is 7.82. The minimum absolute atomic E-state index is 0.331. The van der Waals surface area contributed by atoms with Gasteiger partial charge < -0.3 is 11.1 Å². The Hall–Kier alpha value is -1.07. The summed E-state index contributed by atoms with van der Waals surface area (Å²) < 4.78 is 1.80. The number of nitrogens with one attached hydrogen (secondary N) is 1. The Morgan fingerprint density at radius 2 is 2.25 bits per heavy atom. The minimum atomic E-state index is -0.352. The van der Waals surface area contributed by atoms with E-state index >= 15 is 0 Å². The van der Waals surface area contributed by atoms with Crippen LogP contribution in [-0.2, 0) is 11.3 Å². The lowest BCUT2D eigenvalue weighted by Crippen LogP contribution is -2.39. The Kier molecular flexibility index (Phi) is 4.32. The van der Waals surface area contributed by atoms with Gasteiger partial charge in [-0.05, 0) is 27.3 Å². The van der Waals surface area contributed by atoms with Crippen LogP contribution in [-0.4, -0.2) is 28.8 Å². The van der Waals surface area contributed by atoms with E-state index in [2.05, 4.69) is 10.4 Å². The monoisotopic (exact) mass is 244 g/mol. The van der Waals surface area contributed by atoms with Gasteiger partial charge in [-0.1, -0.05) is 11.6 Å². The molecule has 0 aromatic carbocycles. The molecule has 0 aliphatic heterocycles. The number of hydrogen-bond acceptors (Lipinski definition) is 3. The van der Waals surface area contributed by atoms with Crippen LogP contribution in [0, 0.1) is 13.8 Å². The number of nitrogens with zero attached hydrogens (tertiary/aromatic N) is 2. The molecule has 16 heavy (non-hydrogen) atoms. The molecule has 1 atom stereocenters. The van der Waals surface area contributed by atoms with Crippen molar-refractivity contribution in [2.75, 3.05) is 7.05 Å². The first kappa shape index (κ1) is 13.0. The zero-order valence-corrected chi connectivity index (χ0v) is 10.5. The molecule has 1 aromatic rings. The Balaban J connectivity index is 2.67. The van der Waals surface area contributed by atoms with Gasteiger partial charge in [0.05, 0.1) is 22.5 Å². The second kappa shape index (κ2) is 5.32. The number of hydrogen-bond donors (Lipinski definition) is 2. The molecule has 0 saturated heterocycles. The van der Waals surface area contributed by atoms with Crippen molar-refractivity contribution in [2.24, 2.45) is 5.73 Å². The van der Waals surface area contributed by atoms with E-state index < -0.39 is 0 Å². The standard InChI is InChI=1S/C10H17ClN4O/c1-6-9(11)7(2)15(14-6)5-4-8(13-3)10(12)16/h8,13H,4-5H2,1-3H3,(H2,12,16). The largest absolute Gasteiger partial charge is 0.368 e. The van der Waals surface area contributed by atoms with Gasteiger partial charge in [-0.2, -0.15) is 5.10 Å². The summed E-state index contributed by atoms with van der Waals surface area (Å²) in [4.78, 5) is 11.0. The lowest BCUT2D eigenvalue weighted by molar-refractivity contribution is -0.120. The van der Waals surface area contributed by atoms with Crippen LogP contribution < -0.4 is 11.1 Å². The van der Waals surface area contributed by atoms with Crippen LogP contribution in [0.4, 0.5) is 0 Å². The maximum Gasteiger partial charge on any atom is 0.234 e. The average Bonchev–Trinajstić information content (AvgIpc) is 2.47. The molecule has 90 valence electrons. The molecule has 0 fully saturated rings. The van der Waals surface area contributed by atoms with Crippen LogP contribution >= 0.6 is 11.6 Å². The summed E-state index contributed by atoms with van der Waals surface area (Å²) in [6, 6.07) is -0.331. The number of likely N-dealkylation sites (N-methyl/N-ethyl adjacent to an activating group) is 1. The van der Waals surface area contributed by atoms with Gasteiger partial charge in [0.2, 0.25) is 5.91 Å². The maximum atomic E-state index is 11.0. The molecule has 0 bridgehead atoms. The highest BCUT2D eigenvalue weighted by Crippen LogP contribution is 2.19. The highest BCUT2D eigenvalue weighted by molar-refractivity contribution is 6.31. The fourth-order valence-electron chi connectivity index (χ4n) is 1.57. The van der Waals surface area contributed by atoms with Crippen molar-refractivity contribution in [2.45, 2.75) is 32.9 Å². The number of carbonyl (C=O) groups excluding carboxylic acids is 1. The van der Waals surface area contributed by atoms with Gasteiger partial charge in [0.1, 0.15) is 0 Å². The van der Waals surface area contributed by atoms with E-state index in [0.717, 1.165) is 11.4 Å². The number of halogens is 1. The summed E-state index contributed by atoms with van der Waals surface area (Å²) in [5.74, 6) is -0.352. The molecular weight excluding hydrogens is 228 g/mol.